The van der Waals surface area contributed by atoms with Gasteiger partial charge in [-0.15, -0.1) is 22.7 Å². The largest absolute Gasteiger partial charge is 0.286 e. The molecule has 0 aromatic carbocycles. The van der Waals surface area contributed by atoms with Crippen molar-refractivity contribution in [1.82, 2.24) is 9.97 Å². The summed E-state index contributed by atoms with van der Waals surface area (Å²) in [6.07, 6.45) is 1.91. The molecular formula is C12H8N2OS3. The van der Waals surface area contributed by atoms with Crippen molar-refractivity contribution < 1.29 is 4.79 Å². The van der Waals surface area contributed by atoms with E-state index in [1.54, 1.807) is 0 Å². The first-order chi connectivity index (χ1) is 8.79. The summed E-state index contributed by atoms with van der Waals surface area (Å²) in [5, 5.41) is 4.48. The Morgan fingerprint density at radius 3 is 2.83 bits per heavy atom. The Labute approximate surface area is 116 Å². The molecule has 6 heteroatoms. The highest BCUT2D eigenvalue weighted by molar-refractivity contribution is 7.98. The van der Waals surface area contributed by atoms with Crippen molar-refractivity contribution in [3.63, 3.8) is 0 Å². The standard InChI is InChI=1S/C12H8N2OS3/c1-16-12-13-7-4-6-18-11(7)9(14-12)10(15)8-3-2-5-17-8/h2-6H,1H3. The van der Waals surface area contributed by atoms with Crippen molar-refractivity contribution in [2.24, 2.45) is 0 Å². The molecule has 90 valence electrons. The zero-order valence-corrected chi connectivity index (χ0v) is 11.9. The second-order valence-electron chi connectivity index (χ2n) is 3.50. The van der Waals surface area contributed by atoms with Gasteiger partial charge in [-0.05, 0) is 29.1 Å². The normalized spacial score (nSPS) is 10.9. The summed E-state index contributed by atoms with van der Waals surface area (Å²) >= 11 is 4.40. The number of carbonyl (C=O) groups excluding carboxylic acids is 1. The Morgan fingerprint density at radius 1 is 1.22 bits per heavy atom. The predicted molar refractivity (Wildman–Crippen MR) is 76.9 cm³/mol. The Bertz CT molecular complexity index is 703. The van der Waals surface area contributed by atoms with Crippen LogP contribution in [-0.2, 0) is 0 Å². The van der Waals surface area contributed by atoms with Gasteiger partial charge in [-0.3, -0.25) is 4.79 Å². The second kappa shape index (κ2) is 4.79. The fourth-order valence-electron chi connectivity index (χ4n) is 1.61. The van der Waals surface area contributed by atoms with Gasteiger partial charge in [0.1, 0.15) is 5.69 Å². The molecule has 0 saturated carbocycles. The van der Waals surface area contributed by atoms with E-state index in [9.17, 15) is 4.79 Å². The molecule has 3 aromatic heterocycles. The van der Waals surface area contributed by atoms with Crippen LogP contribution in [0.25, 0.3) is 10.2 Å². The van der Waals surface area contributed by atoms with Gasteiger partial charge in [-0.1, -0.05) is 17.8 Å². The van der Waals surface area contributed by atoms with Gasteiger partial charge in [0.25, 0.3) is 0 Å². The number of hydrogen-bond acceptors (Lipinski definition) is 6. The zero-order valence-electron chi connectivity index (χ0n) is 9.41. The molecule has 0 amide bonds. The fraction of sp³-hybridized carbons (Fsp3) is 0.0833. The maximum Gasteiger partial charge on any atom is 0.222 e. The molecule has 0 aliphatic carbocycles. The molecule has 18 heavy (non-hydrogen) atoms. The van der Waals surface area contributed by atoms with Gasteiger partial charge in [0.05, 0.1) is 15.1 Å². The average molecular weight is 292 g/mol. The minimum atomic E-state index is -0.0184. The van der Waals surface area contributed by atoms with Crippen molar-refractivity contribution in [3.8, 4) is 0 Å². The van der Waals surface area contributed by atoms with E-state index < -0.39 is 0 Å². The molecule has 3 rings (SSSR count). The lowest BCUT2D eigenvalue weighted by molar-refractivity contribution is 0.103. The van der Waals surface area contributed by atoms with Crippen LogP contribution in [0.3, 0.4) is 0 Å². The Hall–Kier alpha value is -1.24. The second-order valence-corrected chi connectivity index (χ2v) is 6.14. The van der Waals surface area contributed by atoms with E-state index in [2.05, 4.69) is 9.97 Å². The first-order valence-corrected chi connectivity index (χ1v) is 8.15. The third-order valence-corrected chi connectivity index (χ3v) is 4.75. The van der Waals surface area contributed by atoms with Gasteiger partial charge < -0.3 is 0 Å². The minimum absolute atomic E-state index is 0.0184. The summed E-state index contributed by atoms with van der Waals surface area (Å²) in [5.41, 5.74) is 1.36. The van der Waals surface area contributed by atoms with Crippen LogP contribution in [0, 0.1) is 0 Å². The summed E-state index contributed by atoms with van der Waals surface area (Å²) in [4.78, 5) is 21.9. The maximum atomic E-state index is 12.4. The zero-order chi connectivity index (χ0) is 12.5. The first kappa shape index (κ1) is 11.8. The van der Waals surface area contributed by atoms with Crippen molar-refractivity contribution in [1.29, 1.82) is 0 Å². The molecular weight excluding hydrogens is 284 g/mol. The molecule has 3 aromatic rings. The number of thiophene rings is 2. The lowest BCUT2D eigenvalue weighted by Crippen LogP contribution is -2.04. The number of rotatable bonds is 3. The lowest BCUT2D eigenvalue weighted by atomic mass is 10.2. The number of ketones is 1. The summed E-state index contributed by atoms with van der Waals surface area (Å²) in [6, 6.07) is 5.63. The molecule has 0 aliphatic rings. The number of nitrogens with zero attached hydrogens (tertiary/aromatic N) is 2. The number of hydrogen-bond donors (Lipinski definition) is 0. The molecule has 0 N–H and O–H groups in total. The van der Waals surface area contributed by atoms with Gasteiger partial charge in [-0.2, -0.15) is 0 Å². The van der Waals surface area contributed by atoms with Crippen LogP contribution < -0.4 is 0 Å². The highest BCUT2D eigenvalue weighted by atomic mass is 32.2. The number of aromatic nitrogens is 2. The topological polar surface area (TPSA) is 42.9 Å². The van der Waals surface area contributed by atoms with Gasteiger partial charge in [0, 0.05) is 0 Å². The van der Waals surface area contributed by atoms with Crippen LogP contribution in [0.2, 0.25) is 0 Å². The predicted octanol–water partition coefficient (Wildman–Crippen LogP) is 3.71. The van der Waals surface area contributed by atoms with E-state index in [4.69, 9.17) is 0 Å². The highest BCUT2D eigenvalue weighted by Gasteiger charge is 2.18. The minimum Gasteiger partial charge on any atom is -0.286 e. The molecule has 3 nitrogen and oxygen atoms in total. The highest BCUT2D eigenvalue weighted by Crippen LogP contribution is 2.27. The van der Waals surface area contributed by atoms with E-state index in [0.29, 0.717) is 10.9 Å². The van der Waals surface area contributed by atoms with E-state index in [0.717, 1.165) is 15.1 Å². The first-order valence-electron chi connectivity index (χ1n) is 5.17. The smallest absolute Gasteiger partial charge is 0.222 e. The average Bonchev–Trinajstić information content (AvgIpc) is 3.07. The summed E-state index contributed by atoms with van der Waals surface area (Å²) in [5.74, 6) is -0.0184. The SMILES string of the molecule is CSc1nc(C(=O)c2cccs2)c2sccc2n1. The molecule has 0 aliphatic heterocycles. The molecule has 0 fully saturated rings. The van der Waals surface area contributed by atoms with Crippen LogP contribution in [0.15, 0.2) is 34.1 Å². The number of carbonyl (C=O) groups is 1. The van der Waals surface area contributed by atoms with Crippen molar-refractivity contribution >= 4 is 50.4 Å². The van der Waals surface area contributed by atoms with Crippen LogP contribution in [-0.4, -0.2) is 22.0 Å². The summed E-state index contributed by atoms with van der Waals surface area (Å²) in [7, 11) is 0. The molecule has 0 radical (unpaired) electrons. The molecule has 0 atom stereocenters. The number of thioether (sulfide) groups is 1. The van der Waals surface area contributed by atoms with E-state index in [-0.39, 0.29) is 5.78 Å². The Balaban J connectivity index is 2.21. The van der Waals surface area contributed by atoms with Crippen LogP contribution in [0.4, 0.5) is 0 Å². The summed E-state index contributed by atoms with van der Waals surface area (Å²) in [6.45, 7) is 0. The maximum absolute atomic E-state index is 12.4. The lowest BCUT2D eigenvalue weighted by Gasteiger charge is -2.02. The quantitative estimate of drug-likeness (QED) is 0.419. The van der Waals surface area contributed by atoms with E-state index in [1.807, 2.05) is 35.2 Å². The molecule has 0 bridgehead atoms. The molecule has 0 spiro atoms. The Kier molecular flexibility index (Phi) is 3.15. The van der Waals surface area contributed by atoms with Crippen molar-refractivity contribution in [2.75, 3.05) is 6.26 Å². The third-order valence-electron chi connectivity index (χ3n) is 2.43. The monoisotopic (exact) mass is 292 g/mol. The van der Waals surface area contributed by atoms with Gasteiger partial charge >= 0.3 is 0 Å². The van der Waals surface area contributed by atoms with E-state index >= 15 is 0 Å². The Morgan fingerprint density at radius 2 is 2.11 bits per heavy atom. The number of fused-ring (bicyclic) bond motifs is 1. The van der Waals surface area contributed by atoms with Crippen molar-refractivity contribution in [2.45, 2.75) is 5.16 Å². The van der Waals surface area contributed by atoms with Crippen molar-refractivity contribution in [3.05, 3.63) is 39.5 Å². The summed E-state index contributed by atoms with van der Waals surface area (Å²) < 4.78 is 0.867. The molecule has 3 heterocycles. The third kappa shape index (κ3) is 1.96. The van der Waals surface area contributed by atoms with Gasteiger partial charge in [0.15, 0.2) is 5.16 Å². The van der Waals surface area contributed by atoms with E-state index in [1.165, 1.54) is 34.4 Å². The molecule has 0 saturated heterocycles. The van der Waals surface area contributed by atoms with Crippen LogP contribution in [0.1, 0.15) is 15.4 Å². The fourth-order valence-corrected chi connectivity index (χ4v) is 3.47. The van der Waals surface area contributed by atoms with Crippen LogP contribution in [0.5, 0.6) is 0 Å². The van der Waals surface area contributed by atoms with Gasteiger partial charge in [-0.25, -0.2) is 9.97 Å². The van der Waals surface area contributed by atoms with Crippen LogP contribution >= 0.6 is 34.4 Å². The van der Waals surface area contributed by atoms with Gasteiger partial charge in [0.2, 0.25) is 5.78 Å². The molecule has 0 unspecified atom stereocenters.